The van der Waals surface area contributed by atoms with Crippen LogP contribution in [0.3, 0.4) is 0 Å². The van der Waals surface area contributed by atoms with E-state index in [9.17, 15) is 0 Å². The smallest absolute Gasteiger partial charge is 0.255 e. The first-order valence-corrected chi connectivity index (χ1v) is 4.91. The van der Waals surface area contributed by atoms with Crippen molar-refractivity contribution in [3.05, 3.63) is 6.33 Å². The lowest BCUT2D eigenvalue weighted by molar-refractivity contribution is 0.269. The first-order valence-electron chi connectivity index (χ1n) is 4.91. The zero-order valence-corrected chi connectivity index (χ0v) is 9.80. The highest BCUT2D eigenvalue weighted by Gasteiger charge is 2.08. The number of hydrogen-bond acceptors (Lipinski definition) is 6. The molecule has 0 aliphatic heterocycles. The Morgan fingerprint density at radius 2 is 2.29 bits per heavy atom. The van der Waals surface area contributed by atoms with Crippen LogP contribution in [0.2, 0.25) is 0 Å². The maximum absolute atomic E-state index is 4.84. The van der Waals surface area contributed by atoms with Gasteiger partial charge in [-0.15, -0.1) is 0 Å². The van der Waals surface area contributed by atoms with E-state index < -0.39 is 0 Å². The number of anilines is 1. The Labute approximate surface area is 97.7 Å². The number of aromatic nitrogens is 4. The van der Waals surface area contributed by atoms with Gasteiger partial charge in [0.05, 0.1) is 19.8 Å². The molecule has 0 saturated carbocycles. The van der Waals surface area contributed by atoms with Crippen LogP contribution < -0.4 is 5.48 Å². The van der Waals surface area contributed by atoms with Crippen LogP contribution in [0.25, 0.3) is 11.2 Å². The number of imidazole rings is 1. The number of nitrogens with one attached hydrogen (secondary N) is 2. The molecular weight excluding hydrogens is 222 g/mol. The molecule has 2 aromatic heterocycles. The molecule has 0 atom stereocenters. The van der Waals surface area contributed by atoms with Crippen molar-refractivity contribution in [3.63, 3.8) is 0 Å². The number of aromatic amines is 1. The van der Waals surface area contributed by atoms with E-state index in [0.29, 0.717) is 22.9 Å². The molecule has 0 fully saturated rings. The lowest BCUT2D eigenvalue weighted by atomic mass is 10.5. The lowest BCUT2D eigenvalue weighted by Crippen LogP contribution is -2.07. The molecule has 8 nitrogen and oxygen atoms in total. The van der Waals surface area contributed by atoms with Crippen molar-refractivity contribution < 1.29 is 4.84 Å². The minimum absolute atomic E-state index is 0.317. The average molecular weight is 235 g/mol. The van der Waals surface area contributed by atoms with Gasteiger partial charge in [-0.05, 0) is 0 Å². The Bertz CT molecular complexity index is 533. The van der Waals surface area contributed by atoms with Crippen LogP contribution in [0.1, 0.15) is 0 Å². The Kier molecular flexibility index (Phi) is 3.15. The van der Waals surface area contributed by atoms with Crippen molar-refractivity contribution in [2.75, 3.05) is 26.7 Å². The molecule has 2 N–H and O–H groups in total. The molecule has 0 radical (unpaired) electrons. The van der Waals surface area contributed by atoms with Crippen molar-refractivity contribution in [1.29, 1.82) is 0 Å². The van der Waals surface area contributed by atoms with Crippen LogP contribution in [0.5, 0.6) is 0 Å². The van der Waals surface area contributed by atoms with Gasteiger partial charge in [0.2, 0.25) is 0 Å². The van der Waals surface area contributed by atoms with Crippen molar-refractivity contribution >= 4 is 29.3 Å². The predicted octanol–water partition coefficient (Wildman–Crippen LogP) is 0.548. The van der Waals surface area contributed by atoms with Crippen LogP contribution in [0.15, 0.2) is 11.3 Å². The Morgan fingerprint density at radius 3 is 3.00 bits per heavy atom. The quantitative estimate of drug-likeness (QED) is 0.457. The van der Waals surface area contributed by atoms with Gasteiger partial charge in [0.1, 0.15) is 5.52 Å². The van der Waals surface area contributed by atoms with Crippen molar-refractivity contribution in [3.8, 4) is 0 Å². The zero-order valence-electron chi connectivity index (χ0n) is 9.80. The molecule has 8 heteroatoms. The van der Waals surface area contributed by atoms with Gasteiger partial charge in [-0.1, -0.05) is 0 Å². The van der Waals surface area contributed by atoms with E-state index >= 15 is 0 Å². The van der Waals surface area contributed by atoms with Crippen molar-refractivity contribution in [2.24, 2.45) is 4.99 Å². The van der Waals surface area contributed by atoms with Gasteiger partial charge in [-0.25, -0.2) is 15.5 Å². The third-order valence-electron chi connectivity index (χ3n) is 1.88. The highest BCUT2D eigenvalue weighted by molar-refractivity contribution is 5.83. The minimum Gasteiger partial charge on any atom is -0.369 e. The van der Waals surface area contributed by atoms with E-state index in [0.717, 1.165) is 0 Å². The monoisotopic (exact) mass is 235 g/mol. The molecule has 2 rings (SSSR count). The summed E-state index contributed by atoms with van der Waals surface area (Å²) in [5.74, 6) is 0.818. The summed E-state index contributed by atoms with van der Waals surface area (Å²) in [6, 6.07) is 0. The van der Waals surface area contributed by atoms with E-state index in [1.807, 2.05) is 14.1 Å². The van der Waals surface area contributed by atoms with Crippen LogP contribution in [0.4, 0.5) is 11.8 Å². The van der Waals surface area contributed by atoms with Gasteiger partial charge < -0.3 is 9.88 Å². The first-order chi connectivity index (χ1) is 8.20. The number of hydrogen-bond donors (Lipinski definition) is 2. The second kappa shape index (κ2) is 4.74. The maximum atomic E-state index is 4.84. The molecule has 0 saturated heterocycles. The number of rotatable bonds is 4. The molecule has 0 amide bonds. The van der Waals surface area contributed by atoms with Crippen LogP contribution in [-0.2, 0) is 4.84 Å². The second-order valence-electron chi connectivity index (χ2n) is 3.49. The molecule has 2 aromatic rings. The largest absolute Gasteiger partial charge is 0.369 e. The Morgan fingerprint density at radius 1 is 1.47 bits per heavy atom. The van der Waals surface area contributed by atoms with Gasteiger partial charge in [-0.3, -0.25) is 4.84 Å². The topological polar surface area (TPSA) is 91.3 Å². The maximum Gasteiger partial charge on any atom is 0.255 e. The Balaban J connectivity index is 2.43. The molecule has 17 heavy (non-hydrogen) atoms. The zero-order chi connectivity index (χ0) is 12.3. The second-order valence-corrected chi connectivity index (χ2v) is 3.49. The lowest BCUT2D eigenvalue weighted by Gasteiger charge is -2.04. The summed E-state index contributed by atoms with van der Waals surface area (Å²) in [5.41, 5.74) is 3.86. The number of fused-ring (bicyclic) bond motifs is 1. The third kappa shape index (κ3) is 2.48. The normalized spacial score (nSPS) is 11.2. The van der Waals surface area contributed by atoms with E-state index in [2.05, 4.69) is 30.4 Å². The fourth-order valence-electron chi connectivity index (χ4n) is 1.22. The highest BCUT2D eigenvalue weighted by Crippen LogP contribution is 2.19. The van der Waals surface area contributed by atoms with E-state index in [1.165, 1.54) is 7.11 Å². The SMILES string of the molecule is CONc1nc(N=CN(C)C)nc2nc[nH]c12. The summed E-state index contributed by atoms with van der Waals surface area (Å²) in [6.07, 6.45) is 3.16. The highest BCUT2D eigenvalue weighted by atomic mass is 16.6. The van der Waals surface area contributed by atoms with E-state index in [4.69, 9.17) is 4.84 Å². The van der Waals surface area contributed by atoms with Gasteiger partial charge in [-0.2, -0.15) is 9.97 Å². The molecule has 0 bridgehead atoms. The molecule has 0 aromatic carbocycles. The molecule has 0 aliphatic rings. The summed E-state index contributed by atoms with van der Waals surface area (Å²) in [6.45, 7) is 0. The van der Waals surface area contributed by atoms with Gasteiger partial charge in [0, 0.05) is 14.1 Å². The summed E-state index contributed by atoms with van der Waals surface area (Å²) in [7, 11) is 5.24. The summed E-state index contributed by atoms with van der Waals surface area (Å²) < 4.78 is 0. The molecule has 90 valence electrons. The first kappa shape index (κ1) is 11.3. The van der Waals surface area contributed by atoms with E-state index in [1.54, 1.807) is 17.6 Å². The molecular formula is C9H13N7O. The summed E-state index contributed by atoms with van der Waals surface area (Å²) >= 11 is 0. The van der Waals surface area contributed by atoms with Crippen LogP contribution >= 0.6 is 0 Å². The number of aliphatic imine (C=N–C) groups is 1. The molecule has 0 aliphatic carbocycles. The fourth-order valence-corrected chi connectivity index (χ4v) is 1.22. The molecule has 0 unspecified atom stereocenters. The van der Waals surface area contributed by atoms with Crippen LogP contribution in [-0.4, -0.2) is 52.4 Å². The molecule has 0 spiro atoms. The molecule has 2 heterocycles. The number of nitrogens with zero attached hydrogens (tertiary/aromatic N) is 5. The predicted molar refractivity (Wildman–Crippen MR) is 64.2 cm³/mol. The minimum atomic E-state index is 0.317. The standard InChI is InChI=1S/C9H13N7O/c1-16(2)5-12-9-13-7-6(10-4-11-7)8(14-9)15-17-3/h4-5H,1-3H3,(H2,10,11,13,14,15). The van der Waals surface area contributed by atoms with Crippen LogP contribution in [0, 0.1) is 0 Å². The van der Waals surface area contributed by atoms with E-state index in [-0.39, 0.29) is 0 Å². The Hall–Kier alpha value is -2.22. The van der Waals surface area contributed by atoms with Gasteiger partial charge in [0.15, 0.2) is 11.5 Å². The average Bonchev–Trinajstić information content (AvgIpc) is 2.75. The summed E-state index contributed by atoms with van der Waals surface area (Å²) in [5, 5.41) is 0. The number of H-pyrrole nitrogens is 1. The van der Waals surface area contributed by atoms with Crippen molar-refractivity contribution in [2.45, 2.75) is 0 Å². The van der Waals surface area contributed by atoms with Gasteiger partial charge >= 0.3 is 0 Å². The summed E-state index contributed by atoms with van der Waals surface area (Å²) in [4.78, 5) is 26.1. The third-order valence-corrected chi connectivity index (χ3v) is 1.88. The fraction of sp³-hybridized carbons (Fsp3) is 0.333. The van der Waals surface area contributed by atoms with Crippen molar-refractivity contribution in [1.82, 2.24) is 24.8 Å². The van der Waals surface area contributed by atoms with Gasteiger partial charge in [0.25, 0.3) is 5.95 Å².